The second kappa shape index (κ2) is 17.6. The molecule has 2 aromatic carbocycles. The average Bonchev–Trinajstić information content (AvgIpc) is 4.04. The summed E-state index contributed by atoms with van der Waals surface area (Å²) in [7, 11) is 2.76. The lowest BCUT2D eigenvalue weighted by molar-refractivity contribution is -0.143. The number of amides is 4. The van der Waals surface area contributed by atoms with E-state index in [1.54, 1.807) is 22.2 Å². The number of aromatic nitrogens is 4. The number of aromatic amines is 2. The summed E-state index contributed by atoms with van der Waals surface area (Å²) >= 11 is 0. The predicted octanol–water partition coefficient (Wildman–Crippen LogP) is 5.95. The average molecular weight is 763 g/mol. The number of carbonyl (C=O) groups is 4. The van der Waals surface area contributed by atoms with Crippen LogP contribution in [0, 0.1) is 23.7 Å². The molecule has 2 aliphatic heterocycles. The Labute approximate surface area is 327 Å². The molecule has 1 unspecified atom stereocenters. The number of hydrogen-bond donors (Lipinski definition) is 4. The Hall–Kier alpha value is -6.10. The summed E-state index contributed by atoms with van der Waals surface area (Å²) in [5.74, 6) is 7.25. The van der Waals surface area contributed by atoms with Crippen LogP contribution in [0.25, 0.3) is 22.5 Å². The van der Waals surface area contributed by atoms with Crippen LogP contribution in [0.5, 0.6) is 0 Å². The van der Waals surface area contributed by atoms with E-state index in [0.29, 0.717) is 24.7 Å². The van der Waals surface area contributed by atoms with Crippen molar-refractivity contribution < 1.29 is 28.7 Å². The van der Waals surface area contributed by atoms with Crippen molar-refractivity contribution in [2.45, 2.75) is 77.6 Å². The van der Waals surface area contributed by atoms with Crippen LogP contribution in [0.2, 0.25) is 0 Å². The molecular weight excluding hydrogens is 713 g/mol. The maximum absolute atomic E-state index is 13.5. The second-order valence-electron chi connectivity index (χ2n) is 14.8. The zero-order valence-electron chi connectivity index (χ0n) is 32.7. The van der Waals surface area contributed by atoms with Crippen molar-refractivity contribution in [1.29, 1.82) is 0 Å². The Kier molecular flexibility index (Phi) is 12.4. The topological polar surface area (TPSA) is 175 Å². The van der Waals surface area contributed by atoms with Gasteiger partial charge >= 0.3 is 12.2 Å². The van der Waals surface area contributed by atoms with E-state index in [1.165, 1.54) is 14.2 Å². The Bertz CT molecular complexity index is 1930. The van der Waals surface area contributed by atoms with Gasteiger partial charge in [-0.1, -0.05) is 63.8 Å². The summed E-state index contributed by atoms with van der Waals surface area (Å²) in [6, 6.07) is 14.7. The predicted molar refractivity (Wildman–Crippen MR) is 210 cm³/mol. The van der Waals surface area contributed by atoms with Gasteiger partial charge in [-0.05, 0) is 72.9 Å². The molecule has 4 heterocycles. The number of alkyl carbamates (subject to hydrolysis) is 2. The van der Waals surface area contributed by atoms with Crippen LogP contribution in [0.1, 0.15) is 88.2 Å². The zero-order chi connectivity index (χ0) is 39.9. The number of benzene rings is 2. The van der Waals surface area contributed by atoms with Gasteiger partial charge in [0, 0.05) is 31.3 Å². The molecule has 0 radical (unpaired) electrons. The maximum Gasteiger partial charge on any atom is 0.407 e. The number of methoxy groups -OCH3 is 1. The normalized spacial score (nSPS) is 17.6. The highest BCUT2D eigenvalue weighted by Crippen LogP contribution is 2.34. The highest BCUT2D eigenvalue weighted by atomic mass is 16.6. The lowest BCUT2D eigenvalue weighted by Gasteiger charge is -2.30. The van der Waals surface area contributed by atoms with Crippen LogP contribution < -0.4 is 10.6 Å². The fraction of sp³-hybridized carbons (Fsp3) is 0.429. The number of nitrogens with zero attached hydrogens (tertiary/aromatic N) is 4. The standard InChI is InChI=1S/C42H50N8O6/c1-25(2)35(48-42(54)55-6)39(51)49-21-7-9-33(49)37-44-23-31(46-37)29-17-13-27(14-18-29)11-12-28-15-19-30(20-16-28)32-24-45-38(47-32)34-10-8-22-50(34)40(52)36(26(3)4)56-41(53)43-5/h13-20,23-26,33-36H,7-10,21-22H2,1-6H3,(H,43,53)(H,44,46)(H,45,47)(H,48,54)/t33-,34-,35?,36-/m0/s1. The van der Waals surface area contributed by atoms with E-state index in [0.717, 1.165) is 59.3 Å². The van der Waals surface area contributed by atoms with E-state index in [9.17, 15) is 19.2 Å². The molecule has 56 heavy (non-hydrogen) atoms. The number of nitrogens with one attached hydrogen (secondary N) is 4. The fourth-order valence-corrected chi connectivity index (χ4v) is 7.23. The monoisotopic (exact) mass is 762 g/mol. The van der Waals surface area contributed by atoms with Crippen molar-refractivity contribution in [3.05, 3.63) is 83.7 Å². The minimum absolute atomic E-state index is 0.107. The molecule has 6 rings (SSSR count). The zero-order valence-corrected chi connectivity index (χ0v) is 32.7. The lowest BCUT2D eigenvalue weighted by Crippen LogP contribution is -2.51. The minimum atomic E-state index is -0.877. The van der Waals surface area contributed by atoms with Gasteiger partial charge in [0.25, 0.3) is 5.91 Å². The van der Waals surface area contributed by atoms with Crippen molar-refractivity contribution in [2.75, 3.05) is 27.2 Å². The van der Waals surface area contributed by atoms with Gasteiger partial charge in [-0.3, -0.25) is 9.59 Å². The van der Waals surface area contributed by atoms with Gasteiger partial charge in [0.2, 0.25) is 5.91 Å². The number of imidazole rings is 2. The molecule has 2 fully saturated rings. The lowest BCUT2D eigenvalue weighted by atomic mass is 10.0. The number of ether oxygens (including phenoxy) is 2. The van der Waals surface area contributed by atoms with Crippen LogP contribution >= 0.6 is 0 Å². The van der Waals surface area contributed by atoms with Gasteiger partial charge in [-0.15, -0.1) is 0 Å². The molecule has 2 saturated heterocycles. The van der Waals surface area contributed by atoms with Gasteiger partial charge < -0.3 is 39.9 Å². The first kappa shape index (κ1) is 39.6. The van der Waals surface area contributed by atoms with Crippen LogP contribution in [0.15, 0.2) is 60.9 Å². The van der Waals surface area contributed by atoms with E-state index in [2.05, 4.69) is 42.4 Å². The van der Waals surface area contributed by atoms with E-state index in [4.69, 9.17) is 9.47 Å². The summed E-state index contributed by atoms with van der Waals surface area (Å²) in [6.07, 6.45) is 4.64. The Morgan fingerprint density at radius 3 is 1.64 bits per heavy atom. The number of hydrogen-bond acceptors (Lipinski definition) is 8. The third-order valence-electron chi connectivity index (χ3n) is 10.3. The highest BCUT2D eigenvalue weighted by Gasteiger charge is 2.39. The molecule has 2 aliphatic rings. The van der Waals surface area contributed by atoms with Gasteiger partial charge in [0.1, 0.15) is 17.7 Å². The first-order chi connectivity index (χ1) is 27.0. The molecule has 0 saturated carbocycles. The summed E-state index contributed by atoms with van der Waals surface area (Å²) < 4.78 is 10.2. The smallest absolute Gasteiger partial charge is 0.407 e. The number of H-pyrrole nitrogens is 2. The summed E-state index contributed by atoms with van der Waals surface area (Å²) in [4.78, 5) is 70.4. The number of carbonyl (C=O) groups excluding carboxylic acids is 4. The molecule has 0 spiro atoms. The van der Waals surface area contributed by atoms with E-state index >= 15 is 0 Å². The van der Waals surface area contributed by atoms with Crippen molar-refractivity contribution in [2.24, 2.45) is 11.8 Å². The second-order valence-corrected chi connectivity index (χ2v) is 14.8. The van der Waals surface area contributed by atoms with Crippen LogP contribution in [-0.4, -0.2) is 93.1 Å². The molecule has 294 valence electrons. The quantitative estimate of drug-likeness (QED) is 0.143. The molecule has 4 aromatic rings. The SMILES string of the molecule is CNC(=O)O[C@H](C(=O)N1CCC[C@H]1c1ncc(-c2ccc(C#Cc3ccc(-c4cnc([C@@H]5CCCN5C(=O)C(NC(=O)OC)C(C)C)[nH]4)cc3)cc2)[nH]1)C(C)C. The first-order valence-electron chi connectivity index (χ1n) is 19.1. The number of likely N-dealkylation sites (tertiary alicyclic amines) is 2. The summed E-state index contributed by atoms with van der Waals surface area (Å²) in [5, 5.41) is 5.11. The van der Waals surface area contributed by atoms with E-state index in [-0.39, 0.29) is 35.7 Å². The highest BCUT2D eigenvalue weighted by molar-refractivity contribution is 5.86. The molecule has 0 aliphatic carbocycles. The van der Waals surface area contributed by atoms with Crippen molar-refractivity contribution in [1.82, 2.24) is 40.4 Å². The van der Waals surface area contributed by atoms with E-state index < -0.39 is 24.3 Å². The third kappa shape index (κ3) is 8.88. The van der Waals surface area contributed by atoms with Gasteiger partial charge in [-0.25, -0.2) is 19.6 Å². The maximum atomic E-state index is 13.5. The Morgan fingerprint density at radius 1 is 0.732 bits per heavy atom. The summed E-state index contributed by atoms with van der Waals surface area (Å²) in [5.41, 5.74) is 5.28. The fourth-order valence-electron chi connectivity index (χ4n) is 7.23. The molecule has 0 bridgehead atoms. The molecule has 2 aromatic heterocycles. The first-order valence-corrected chi connectivity index (χ1v) is 19.1. The molecule has 4 amide bonds. The third-order valence-corrected chi connectivity index (χ3v) is 10.3. The minimum Gasteiger partial charge on any atom is -0.453 e. The Morgan fingerprint density at radius 2 is 1.21 bits per heavy atom. The molecule has 4 atom stereocenters. The Balaban J connectivity index is 1.08. The molecule has 14 heteroatoms. The summed E-state index contributed by atoms with van der Waals surface area (Å²) in [6.45, 7) is 8.67. The molecular formula is C42H50N8O6. The van der Waals surface area contributed by atoms with Crippen molar-refractivity contribution in [3.63, 3.8) is 0 Å². The van der Waals surface area contributed by atoms with Crippen LogP contribution in [0.4, 0.5) is 9.59 Å². The van der Waals surface area contributed by atoms with Crippen LogP contribution in [0.3, 0.4) is 0 Å². The van der Waals surface area contributed by atoms with Crippen molar-refractivity contribution >= 4 is 24.0 Å². The molecule has 4 N–H and O–H groups in total. The van der Waals surface area contributed by atoms with Gasteiger partial charge in [0.15, 0.2) is 6.10 Å². The van der Waals surface area contributed by atoms with Gasteiger partial charge in [0.05, 0.1) is 43.0 Å². The van der Waals surface area contributed by atoms with Crippen molar-refractivity contribution in [3.8, 4) is 34.4 Å². The van der Waals surface area contributed by atoms with Gasteiger partial charge in [-0.2, -0.15) is 0 Å². The molecule has 14 nitrogen and oxygen atoms in total. The largest absolute Gasteiger partial charge is 0.453 e. The van der Waals surface area contributed by atoms with Crippen LogP contribution in [-0.2, 0) is 19.1 Å². The van der Waals surface area contributed by atoms with E-state index in [1.807, 2.05) is 76.2 Å². The number of rotatable bonds is 10.